The van der Waals surface area contributed by atoms with Crippen LogP contribution in [0.4, 0.5) is 26.3 Å². The molecule has 0 radical (unpaired) electrons. The fraction of sp³-hybridized carbons (Fsp3) is 0.250. The van der Waals surface area contributed by atoms with Gasteiger partial charge >= 0.3 is 12.4 Å². The summed E-state index contributed by atoms with van der Waals surface area (Å²) in [7, 11) is 0. The summed E-state index contributed by atoms with van der Waals surface area (Å²) in [6.07, 6.45) is -9.06. The van der Waals surface area contributed by atoms with Crippen LogP contribution in [0.3, 0.4) is 0 Å². The molecule has 0 aliphatic heterocycles. The first-order chi connectivity index (χ1) is 10.6. The fourth-order valence-corrected chi connectivity index (χ4v) is 2.38. The number of rotatable bonds is 3. The zero-order chi connectivity index (χ0) is 17.3. The van der Waals surface area contributed by atoms with Gasteiger partial charge < -0.3 is 5.73 Å². The van der Waals surface area contributed by atoms with Gasteiger partial charge in [0.1, 0.15) is 0 Å². The molecule has 0 saturated heterocycles. The number of hydrogen-bond donors (Lipinski definition) is 1. The summed E-state index contributed by atoms with van der Waals surface area (Å²) < 4.78 is 77.0. The van der Waals surface area contributed by atoms with Crippen molar-refractivity contribution in [1.29, 1.82) is 0 Å². The lowest BCUT2D eigenvalue weighted by Crippen LogP contribution is -2.13. The molecular weight excluding hydrogens is 320 g/mol. The lowest BCUT2D eigenvalue weighted by molar-refractivity contribution is -0.138. The quantitative estimate of drug-likeness (QED) is 0.795. The molecule has 7 heteroatoms. The molecule has 0 fully saturated rings. The van der Waals surface area contributed by atoms with E-state index in [9.17, 15) is 26.3 Å². The maximum atomic E-state index is 13.1. The van der Waals surface area contributed by atoms with Crippen molar-refractivity contribution in [1.82, 2.24) is 0 Å². The molecule has 1 nitrogen and oxygen atoms in total. The van der Waals surface area contributed by atoms with Gasteiger partial charge in [-0.25, -0.2) is 0 Å². The first kappa shape index (κ1) is 17.3. The highest BCUT2D eigenvalue weighted by molar-refractivity contribution is 5.69. The van der Waals surface area contributed by atoms with Crippen LogP contribution in [-0.2, 0) is 18.8 Å². The van der Waals surface area contributed by atoms with Gasteiger partial charge in [-0.2, -0.15) is 26.3 Å². The molecule has 0 heterocycles. The zero-order valence-corrected chi connectivity index (χ0v) is 11.8. The number of hydrogen-bond acceptors (Lipinski definition) is 1. The Morgan fingerprint density at radius 1 is 0.783 bits per heavy atom. The van der Waals surface area contributed by atoms with Crippen LogP contribution in [-0.4, -0.2) is 6.54 Å². The van der Waals surface area contributed by atoms with Gasteiger partial charge in [0.25, 0.3) is 0 Å². The Kier molecular flexibility index (Phi) is 4.70. The molecule has 0 aromatic heterocycles. The molecule has 0 spiro atoms. The molecule has 0 atom stereocenters. The van der Waals surface area contributed by atoms with Gasteiger partial charge in [-0.3, -0.25) is 0 Å². The highest BCUT2D eigenvalue weighted by Gasteiger charge is 2.34. The van der Waals surface area contributed by atoms with Gasteiger partial charge in [0.2, 0.25) is 0 Å². The SMILES string of the molecule is NCCc1c(-c2ccc(C(F)(F)F)cc2)cccc1C(F)(F)F. The summed E-state index contributed by atoms with van der Waals surface area (Å²) in [6.45, 7) is 0.000722. The molecule has 0 bridgehead atoms. The monoisotopic (exact) mass is 333 g/mol. The van der Waals surface area contributed by atoms with Crippen LogP contribution in [0.25, 0.3) is 11.1 Å². The maximum Gasteiger partial charge on any atom is 0.416 e. The van der Waals surface area contributed by atoms with Crippen LogP contribution in [0.2, 0.25) is 0 Å². The Morgan fingerprint density at radius 3 is 1.87 bits per heavy atom. The standard InChI is InChI=1S/C16H13F6N/c17-15(18,19)11-6-4-10(5-7-11)12-2-1-3-14(16(20,21)22)13(12)8-9-23/h1-7H,8-9,23H2. The Labute approximate surface area is 128 Å². The summed E-state index contributed by atoms with van der Waals surface area (Å²) in [4.78, 5) is 0. The summed E-state index contributed by atoms with van der Waals surface area (Å²) in [5, 5.41) is 0. The third-order valence-electron chi connectivity index (χ3n) is 3.40. The molecule has 0 amide bonds. The van der Waals surface area contributed by atoms with E-state index in [0.717, 1.165) is 18.2 Å². The number of benzene rings is 2. The minimum Gasteiger partial charge on any atom is -0.330 e. The maximum absolute atomic E-state index is 13.1. The van der Waals surface area contributed by atoms with Crippen LogP contribution < -0.4 is 5.73 Å². The van der Waals surface area contributed by atoms with Crippen molar-refractivity contribution in [2.75, 3.05) is 6.54 Å². The first-order valence-corrected chi connectivity index (χ1v) is 6.71. The second-order valence-corrected chi connectivity index (χ2v) is 4.94. The largest absolute Gasteiger partial charge is 0.416 e. The molecule has 0 aliphatic carbocycles. The Hall–Kier alpha value is -2.02. The van der Waals surface area contributed by atoms with Gasteiger partial charge in [-0.05, 0) is 47.9 Å². The summed E-state index contributed by atoms with van der Waals surface area (Å²) >= 11 is 0. The second kappa shape index (κ2) is 6.23. The third kappa shape index (κ3) is 3.85. The van der Waals surface area contributed by atoms with E-state index in [2.05, 4.69) is 0 Å². The smallest absolute Gasteiger partial charge is 0.330 e. The van der Waals surface area contributed by atoms with Gasteiger partial charge in [-0.1, -0.05) is 24.3 Å². The lowest BCUT2D eigenvalue weighted by atomic mass is 9.92. The second-order valence-electron chi connectivity index (χ2n) is 4.94. The van der Waals surface area contributed by atoms with Crippen LogP contribution in [0.1, 0.15) is 16.7 Å². The van der Waals surface area contributed by atoms with Crippen molar-refractivity contribution in [3.63, 3.8) is 0 Å². The Morgan fingerprint density at radius 2 is 1.39 bits per heavy atom. The molecule has 0 saturated carbocycles. The normalized spacial score (nSPS) is 12.5. The molecular formula is C16H13F6N. The van der Waals surface area contributed by atoms with Crippen molar-refractivity contribution in [3.8, 4) is 11.1 Å². The van der Waals surface area contributed by atoms with E-state index in [1.54, 1.807) is 0 Å². The molecule has 2 aromatic rings. The summed E-state index contributed by atoms with van der Waals surface area (Å²) in [5.74, 6) is 0. The average molecular weight is 333 g/mol. The van der Waals surface area contributed by atoms with Gasteiger partial charge in [0.05, 0.1) is 11.1 Å². The van der Waals surface area contributed by atoms with Gasteiger partial charge in [0, 0.05) is 0 Å². The van der Waals surface area contributed by atoms with E-state index >= 15 is 0 Å². The molecule has 2 N–H and O–H groups in total. The minimum atomic E-state index is -4.55. The molecule has 0 unspecified atom stereocenters. The van der Waals surface area contributed by atoms with Crippen molar-refractivity contribution in [2.24, 2.45) is 5.73 Å². The van der Waals surface area contributed by atoms with Crippen LogP contribution >= 0.6 is 0 Å². The molecule has 2 aromatic carbocycles. The highest BCUT2D eigenvalue weighted by atomic mass is 19.4. The molecule has 2 rings (SSSR count). The van der Waals surface area contributed by atoms with E-state index < -0.39 is 23.5 Å². The van der Waals surface area contributed by atoms with Gasteiger partial charge in [-0.15, -0.1) is 0 Å². The van der Waals surface area contributed by atoms with E-state index in [1.165, 1.54) is 24.3 Å². The Bertz CT molecular complexity index is 670. The predicted molar refractivity (Wildman–Crippen MR) is 74.6 cm³/mol. The molecule has 124 valence electrons. The van der Waals surface area contributed by atoms with Crippen LogP contribution in [0, 0.1) is 0 Å². The molecule has 23 heavy (non-hydrogen) atoms. The van der Waals surface area contributed by atoms with Crippen molar-refractivity contribution in [3.05, 3.63) is 59.2 Å². The highest BCUT2D eigenvalue weighted by Crippen LogP contribution is 2.38. The molecule has 0 aliphatic rings. The number of halogens is 6. The minimum absolute atomic E-state index is 0.000722. The Balaban J connectivity index is 2.55. The predicted octanol–water partition coefficient (Wildman–Crippen LogP) is 4.89. The van der Waals surface area contributed by atoms with E-state index in [4.69, 9.17) is 5.73 Å². The van der Waals surface area contributed by atoms with Crippen LogP contribution in [0.5, 0.6) is 0 Å². The van der Waals surface area contributed by atoms with Crippen molar-refractivity contribution in [2.45, 2.75) is 18.8 Å². The van der Waals surface area contributed by atoms with E-state index in [1.807, 2.05) is 0 Å². The number of nitrogens with two attached hydrogens (primary N) is 1. The summed E-state index contributed by atoms with van der Waals surface area (Å²) in [5.41, 5.74) is 4.22. The number of alkyl halides is 6. The summed E-state index contributed by atoms with van der Waals surface area (Å²) in [6, 6.07) is 7.65. The lowest BCUT2D eigenvalue weighted by Gasteiger charge is -2.17. The van der Waals surface area contributed by atoms with E-state index in [-0.39, 0.29) is 29.7 Å². The topological polar surface area (TPSA) is 26.0 Å². The van der Waals surface area contributed by atoms with Gasteiger partial charge in [0.15, 0.2) is 0 Å². The third-order valence-corrected chi connectivity index (χ3v) is 3.40. The first-order valence-electron chi connectivity index (χ1n) is 6.71. The van der Waals surface area contributed by atoms with Crippen LogP contribution in [0.15, 0.2) is 42.5 Å². The zero-order valence-electron chi connectivity index (χ0n) is 11.8. The van der Waals surface area contributed by atoms with Crippen molar-refractivity contribution >= 4 is 0 Å². The van der Waals surface area contributed by atoms with E-state index in [0.29, 0.717) is 0 Å². The fourth-order valence-electron chi connectivity index (χ4n) is 2.38. The average Bonchev–Trinajstić information content (AvgIpc) is 2.46. The van der Waals surface area contributed by atoms with Crippen molar-refractivity contribution < 1.29 is 26.3 Å².